The number of rotatable bonds is 6. The number of aryl methyl sites for hydroxylation is 1. The molecule has 1 aliphatic rings. The zero-order chi connectivity index (χ0) is 18.7. The second-order valence-corrected chi connectivity index (χ2v) is 7.07. The molecule has 0 heterocycles. The third-order valence-electron chi connectivity index (χ3n) is 5.19. The van der Waals surface area contributed by atoms with Gasteiger partial charge in [0.05, 0.1) is 11.7 Å². The van der Waals surface area contributed by atoms with Crippen LogP contribution in [0, 0.1) is 0 Å². The fraction of sp³-hybridized carbons (Fsp3) is 0.381. The summed E-state index contributed by atoms with van der Waals surface area (Å²) in [4.78, 5) is 11.6. The number of aliphatic hydroxyl groups excluding tert-OH is 1. The molecule has 5 nitrogen and oxygen atoms in total. The lowest BCUT2D eigenvalue weighted by Gasteiger charge is -2.34. The zero-order valence-corrected chi connectivity index (χ0v) is 15.0. The highest BCUT2D eigenvalue weighted by Crippen LogP contribution is 2.35. The highest BCUT2D eigenvalue weighted by Gasteiger charge is 2.32. The molecule has 0 aliphatic heterocycles. The summed E-state index contributed by atoms with van der Waals surface area (Å²) in [7, 11) is 0. The van der Waals surface area contributed by atoms with E-state index in [-0.39, 0.29) is 23.4 Å². The van der Waals surface area contributed by atoms with E-state index in [9.17, 15) is 15.0 Å². The monoisotopic (exact) mass is 354 g/mol. The van der Waals surface area contributed by atoms with Gasteiger partial charge in [-0.25, -0.2) is 0 Å². The van der Waals surface area contributed by atoms with Gasteiger partial charge in [0.25, 0.3) is 5.91 Å². The number of phenols is 1. The van der Waals surface area contributed by atoms with Crippen molar-refractivity contribution in [2.45, 2.75) is 50.8 Å². The average Bonchev–Trinajstić information content (AvgIpc) is 2.62. The number of carbonyl (C=O) groups is 1. The van der Waals surface area contributed by atoms with Gasteiger partial charge in [-0.05, 0) is 55.4 Å². The van der Waals surface area contributed by atoms with Crippen LogP contribution in [0.15, 0.2) is 42.5 Å². The average molecular weight is 354 g/mol. The molecule has 1 aliphatic carbocycles. The fourth-order valence-corrected chi connectivity index (χ4v) is 3.80. The second kappa shape index (κ2) is 7.89. The summed E-state index contributed by atoms with van der Waals surface area (Å²) in [5, 5.41) is 24.2. The highest BCUT2D eigenvalue weighted by molar-refractivity contribution is 5.97. The van der Waals surface area contributed by atoms with Crippen LogP contribution in [0.5, 0.6) is 5.75 Å². The summed E-state index contributed by atoms with van der Waals surface area (Å²) < 4.78 is 0. The van der Waals surface area contributed by atoms with Crippen molar-refractivity contribution in [2.75, 3.05) is 0 Å². The number of fused-ring (bicyclic) bond motifs is 1. The number of aromatic hydroxyl groups is 1. The molecule has 0 fully saturated rings. The van der Waals surface area contributed by atoms with Crippen LogP contribution in [0.4, 0.5) is 0 Å². The molecule has 0 spiro atoms. The minimum atomic E-state index is -0.725. The van der Waals surface area contributed by atoms with Crippen LogP contribution < -0.4 is 11.1 Å². The number of hydrogen-bond donors (Lipinski definition) is 4. The Balaban J connectivity index is 1.66. The first-order valence-electron chi connectivity index (χ1n) is 9.10. The van der Waals surface area contributed by atoms with Crippen molar-refractivity contribution in [1.82, 2.24) is 5.32 Å². The molecule has 1 amide bonds. The Bertz CT molecular complexity index is 776. The second-order valence-electron chi connectivity index (χ2n) is 7.07. The number of hydrogen-bond acceptors (Lipinski definition) is 4. The number of benzene rings is 2. The van der Waals surface area contributed by atoms with Crippen LogP contribution in [0.25, 0.3) is 0 Å². The highest BCUT2D eigenvalue weighted by atomic mass is 16.3. The molecule has 2 aromatic carbocycles. The van der Waals surface area contributed by atoms with Gasteiger partial charge in [0.2, 0.25) is 0 Å². The molecule has 0 radical (unpaired) electrons. The van der Waals surface area contributed by atoms with Crippen LogP contribution in [0.1, 0.15) is 52.9 Å². The van der Waals surface area contributed by atoms with Crippen LogP contribution in [0.2, 0.25) is 0 Å². The number of nitrogens with two attached hydrogens (primary N) is 1. The van der Waals surface area contributed by atoms with Crippen LogP contribution in [-0.4, -0.2) is 28.2 Å². The van der Waals surface area contributed by atoms with Crippen LogP contribution in [0.3, 0.4) is 0 Å². The lowest BCUT2D eigenvalue weighted by Crippen LogP contribution is -2.43. The van der Waals surface area contributed by atoms with Crippen molar-refractivity contribution in [3.63, 3.8) is 0 Å². The maximum absolute atomic E-state index is 11.6. The lowest BCUT2D eigenvalue weighted by molar-refractivity contribution is 0.0985. The number of nitrogens with one attached hydrogen (secondary N) is 1. The summed E-state index contributed by atoms with van der Waals surface area (Å²) in [6, 6.07) is 13.6. The standard InChI is InChI=1S/C21H26N2O3/c1-13(7-8-14-5-3-2-4-6-14)23-17-11-9-15-16(20(17)25)10-12-18(24)19(15)21(22)26/h2-6,10,12-13,17,20,23-25H,7-9,11H2,1H3,(H2,22,26). The first-order valence-corrected chi connectivity index (χ1v) is 9.10. The summed E-state index contributed by atoms with van der Waals surface area (Å²) in [5.41, 5.74) is 8.18. The first-order chi connectivity index (χ1) is 12.5. The molecule has 3 unspecified atom stereocenters. The molecular weight excluding hydrogens is 328 g/mol. The first kappa shape index (κ1) is 18.4. The third-order valence-corrected chi connectivity index (χ3v) is 5.19. The van der Waals surface area contributed by atoms with Gasteiger partial charge >= 0.3 is 0 Å². The van der Waals surface area contributed by atoms with Gasteiger partial charge in [-0.2, -0.15) is 0 Å². The molecule has 0 saturated carbocycles. The molecule has 5 N–H and O–H groups in total. The van der Waals surface area contributed by atoms with E-state index in [0.717, 1.165) is 12.8 Å². The molecule has 3 rings (SSSR count). The van der Waals surface area contributed by atoms with Gasteiger partial charge in [-0.1, -0.05) is 36.4 Å². The Morgan fingerprint density at radius 2 is 2.00 bits per heavy atom. The summed E-state index contributed by atoms with van der Waals surface area (Å²) >= 11 is 0. The van der Waals surface area contributed by atoms with Crippen molar-refractivity contribution >= 4 is 5.91 Å². The van der Waals surface area contributed by atoms with E-state index >= 15 is 0 Å². The predicted molar refractivity (Wildman–Crippen MR) is 101 cm³/mol. The van der Waals surface area contributed by atoms with Crippen LogP contribution >= 0.6 is 0 Å². The van der Waals surface area contributed by atoms with E-state index in [1.54, 1.807) is 6.07 Å². The fourth-order valence-electron chi connectivity index (χ4n) is 3.80. The number of carbonyl (C=O) groups excluding carboxylic acids is 1. The van der Waals surface area contributed by atoms with E-state index in [0.29, 0.717) is 24.0 Å². The Labute approximate surface area is 153 Å². The SMILES string of the molecule is CC(CCc1ccccc1)NC1CCc2c(ccc(O)c2C(N)=O)C1O. The topological polar surface area (TPSA) is 95.6 Å². The molecule has 0 bridgehead atoms. The van der Waals surface area contributed by atoms with Crippen molar-refractivity contribution < 1.29 is 15.0 Å². The van der Waals surface area contributed by atoms with E-state index in [1.807, 2.05) is 18.2 Å². The van der Waals surface area contributed by atoms with E-state index in [4.69, 9.17) is 5.73 Å². The number of primary amides is 1. The molecular formula is C21H26N2O3. The summed E-state index contributed by atoms with van der Waals surface area (Å²) in [6.45, 7) is 2.12. The van der Waals surface area contributed by atoms with Gasteiger partial charge in [-0.15, -0.1) is 0 Å². The minimum absolute atomic E-state index is 0.0847. The Morgan fingerprint density at radius 3 is 2.69 bits per heavy atom. The van der Waals surface area contributed by atoms with Gasteiger partial charge in [0, 0.05) is 12.1 Å². The van der Waals surface area contributed by atoms with Crippen molar-refractivity contribution in [1.29, 1.82) is 0 Å². The van der Waals surface area contributed by atoms with Gasteiger partial charge in [-0.3, -0.25) is 4.79 Å². The van der Waals surface area contributed by atoms with Gasteiger partial charge in [0.15, 0.2) is 0 Å². The number of aliphatic hydroxyl groups is 1. The zero-order valence-electron chi connectivity index (χ0n) is 15.0. The maximum atomic E-state index is 11.6. The Hall–Kier alpha value is -2.37. The third kappa shape index (κ3) is 3.89. The van der Waals surface area contributed by atoms with Gasteiger partial charge < -0.3 is 21.3 Å². The molecule has 0 saturated heterocycles. The van der Waals surface area contributed by atoms with E-state index in [1.165, 1.54) is 11.6 Å². The summed E-state index contributed by atoms with van der Waals surface area (Å²) in [6.07, 6.45) is 2.52. The predicted octanol–water partition coefficient (Wildman–Crippen LogP) is 2.45. The van der Waals surface area contributed by atoms with Crippen molar-refractivity contribution in [3.05, 3.63) is 64.7 Å². The van der Waals surface area contributed by atoms with Crippen molar-refractivity contribution in [2.24, 2.45) is 5.73 Å². The molecule has 26 heavy (non-hydrogen) atoms. The van der Waals surface area contributed by atoms with Crippen LogP contribution in [-0.2, 0) is 12.8 Å². The number of amides is 1. The molecule has 5 heteroatoms. The Kier molecular flexibility index (Phi) is 5.59. The minimum Gasteiger partial charge on any atom is -0.507 e. The molecule has 2 aromatic rings. The van der Waals surface area contributed by atoms with Gasteiger partial charge in [0.1, 0.15) is 5.75 Å². The maximum Gasteiger partial charge on any atom is 0.252 e. The normalized spacial score (nSPS) is 20.4. The lowest BCUT2D eigenvalue weighted by atomic mass is 9.82. The molecule has 138 valence electrons. The molecule has 3 atom stereocenters. The summed E-state index contributed by atoms with van der Waals surface area (Å²) in [5.74, 6) is -0.778. The quantitative estimate of drug-likeness (QED) is 0.641. The Morgan fingerprint density at radius 1 is 1.27 bits per heavy atom. The van der Waals surface area contributed by atoms with E-state index < -0.39 is 12.0 Å². The largest absolute Gasteiger partial charge is 0.507 e. The molecule has 0 aromatic heterocycles. The van der Waals surface area contributed by atoms with Crippen molar-refractivity contribution in [3.8, 4) is 5.75 Å². The van der Waals surface area contributed by atoms with E-state index in [2.05, 4.69) is 24.4 Å². The smallest absolute Gasteiger partial charge is 0.252 e.